The van der Waals surface area contributed by atoms with E-state index in [1.54, 1.807) is 13.4 Å². The smallest absolute Gasteiger partial charge is 0.223 e. The second-order valence-corrected chi connectivity index (χ2v) is 9.65. The maximum Gasteiger partial charge on any atom is 0.223 e. The number of carbonyl (C=O) groups excluding carboxylic acids is 1. The van der Waals surface area contributed by atoms with E-state index in [0.717, 1.165) is 37.7 Å². The van der Waals surface area contributed by atoms with Crippen molar-refractivity contribution in [1.82, 2.24) is 14.9 Å². The number of rotatable bonds is 4. The average Bonchev–Trinajstić information content (AvgIpc) is 2.77. The van der Waals surface area contributed by atoms with Crippen molar-refractivity contribution in [3.63, 3.8) is 0 Å². The predicted molar refractivity (Wildman–Crippen MR) is 112 cm³/mol. The van der Waals surface area contributed by atoms with E-state index in [-0.39, 0.29) is 0 Å². The Morgan fingerprint density at radius 1 is 1.07 bits per heavy atom. The van der Waals surface area contributed by atoms with Crippen molar-refractivity contribution in [1.29, 1.82) is 0 Å². The number of piperidine rings is 3. The molecule has 2 bridgehead atoms. The normalized spacial score (nSPS) is 32.8. The van der Waals surface area contributed by atoms with Crippen LogP contribution in [0, 0.1) is 17.8 Å². The lowest BCUT2D eigenvalue weighted by Gasteiger charge is -2.57. The monoisotopic (exact) mass is 398 g/mol. The van der Waals surface area contributed by atoms with Crippen molar-refractivity contribution in [2.75, 3.05) is 25.1 Å². The lowest BCUT2D eigenvalue weighted by Crippen LogP contribution is -2.65. The van der Waals surface area contributed by atoms with Gasteiger partial charge < -0.3 is 14.5 Å². The summed E-state index contributed by atoms with van der Waals surface area (Å²) in [5, 5.41) is 0. The molecule has 0 unspecified atom stereocenters. The zero-order valence-corrected chi connectivity index (χ0v) is 17.6. The number of hydrogen-bond donors (Lipinski definition) is 0. The minimum atomic E-state index is 0.415. The first-order chi connectivity index (χ1) is 14.2. The van der Waals surface area contributed by atoms with E-state index in [2.05, 4.69) is 19.8 Å². The number of nitrogens with zero attached hydrogens (tertiary/aromatic N) is 4. The molecule has 1 saturated carbocycles. The molecular formula is C23H34N4O2. The molecule has 1 aromatic rings. The fourth-order valence-electron chi connectivity index (χ4n) is 6.64. The molecule has 3 aliphatic heterocycles. The summed E-state index contributed by atoms with van der Waals surface area (Å²) in [7, 11) is 1.66. The highest BCUT2D eigenvalue weighted by Crippen LogP contribution is 2.45. The zero-order valence-electron chi connectivity index (χ0n) is 17.6. The molecule has 4 aliphatic rings. The van der Waals surface area contributed by atoms with Crippen LogP contribution in [0.1, 0.15) is 64.2 Å². The molecular weight excluding hydrogens is 364 g/mol. The van der Waals surface area contributed by atoms with Gasteiger partial charge in [0.2, 0.25) is 11.8 Å². The molecule has 6 heteroatoms. The van der Waals surface area contributed by atoms with Crippen molar-refractivity contribution in [2.45, 2.75) is 76.3 Å². The first-order valence-corrected chi connectivity index (χ1v) is 11.6. The summed E-state index contributed by atoms with van der Waals surface area (Å²) in [5.41, 5.74) is 0. The van der Waals surface area contributed by atoms with Crippen molar-refractivity contribution in [3.8, 4) is 5.88 Å². The molecule has 0 N–H and O–H groups in total. The first kappa shape index (κ1) is 19.1. The number of anilines is 1. The highest BCUT2D eigenvalue weighted by atomic mass is 16.5. The van der Waals surface area contributed by atoms with Gasteiger partial charge in [-0.3, -0.25) is 4.79 Å². The van der Waals surface area contributed by atoms with Crippen LogP contribution in [-0.2, 0) is 4.79 Å². The predicted octanol–water partition coefficient (Wildman–Crippen LogP) is 3.66. The largest absolute Gasteiger partial charge is 0.481 e. The van der Waals surface area contributed by atoms with Crippen molar-refractivity contribution < 1.29 is 9.53 Å². The second kappa shape index (κ2) is 8.11. The van der Waals surface area contributed by atoms with Crippen LogP contribution >= 0.6 is 0 Å². The third kappa shape index (κ3) is 3.71. The summed E-state index contributed by atoms with van der Waals surface area (Å²) in [6, 6.07) is 2.80. The summed E-state index contributed by atoms with van der Waals surface area (Å²) < 4.78 is 5.33. The Kier molecular flexibility index (Phi) is 5.35. The van der Waals surface area contributed by atoms with E-state index in [4.69, 9.17) is 4.74 Å². The number of hydrogen-bond acceptors (Lipinski definition) is 5. The fraction of sp³-hybridized carbons (Fsp3) is 0.783. The summed E-state index contributed by atoms with van der Waals surface area (Å²) >= 11 is 0. The maximum atomic E-state index is 13.0. The minimum Gasteiger partial charge on any atom is -0.481 e. The SMILES string of the molecule is COc1cc(N2C[C@H]3C[C@@H](C2)[C@H](CC2CCCCC2)N2C(=O)CCC[C@@H]32)ncn1. The second-order valence-electron chi connectivity index (χ2n) is 9.65. The number of methoxy groups -OCH3 is 1. The fourth-order valence-corrected chi connectivity index (χ4v) is 6.64. The van der Waals surface area contributed by atoms with Crippen LogP contribution in [0.5, 0.6) is 5.88 Å². The zero-order chi connectivity index (χ0) is 19.8. The number of amides is 1. The van der Waals surface area contributed by atoms with Crippen LogP contribution in [0.3, 0.4) is 0 Å². The lowest BCUT2D eigenvalue weighted by atomic mass is 9.69. The third-order valence-electron chi connectivity index (χ3n) is 7.96. The molecule has 1 aliphatic carbocycles. The molecule has 29 heavy (non-hydrogen) atoms. The van der Waals surface area contributed by atoms with E-state index in [0.29, 0.717) is 35.7 Å². The van der Waals surface area contributed by atoms with Crippen LogP contribution in [0.4, 0.5) is 5.82 Å². The molecule has 0 aromatic carbocycles. The number of fused-ring (bicyclic) bond motifs is 4. The average molecular weight is 399 g/mol. The van der Waals surface area contributed by atoms with Crippen molar-refractivity contribution >= 4 is 11.7 Å². The summed E-state index contributed by atoms with van der Waals surface area (Å²) in [6.07, 6.45) is 13.9. The van der Waals surface area contributed by atoms with E-state index < -0.39 is 0 Å². The molecule has 3 saturated heterocycles. The molecule has 1 amide bonds. The van der Waals surface area contributed by atoms with Gasteiger partial charge in [-0.25, -0.2) is 9.97 Å². The molecule has 158 valence electrons. The van der Waals surface area contributed by atoms with Gasteiger partial charge in [-0.15, -0.1) is 0 Å². The topological polar surface area (TPSA) is 58.6 Å². The molecule has 0 radical (unpaired) electrons. The Morgan fingerprint density at radius 2 is 1.90 bits per heavy atom. The van der Waals surface area contributed by atoms with Crippen LogP contribution in [0.15, 0.2) is 12.4 Å². The van der Waals surface area contributed by atoms with Crippen molar-refractivity contribution in [2.24, 2.45) is 17.8 Å². The van der Waals surface area contributed by atoms with Crippen LogP contribution in [-0.4, -0.2) is 53.1 Å². The number of aromatic nitrogens is 2. The van der Waals surface area contributed by atoms with Crippen LogP contribution in [0.2, 0.25) is 0 Å². The molecule has 4 fully saturated rings. The van der Waals surface area contributed by atoms with E-state index in [9.17, 15) is 4.79 Å². The highest BCUT2D eigenvalue weighted by molar-refractivity contribution is 5.78. The lowest BCUT2D eigenvalue weighted by molar-refractivity contribution is -0.149. The van der Waals surface area contributed by atoms with Crippen molar-refractivity contribution in [3.05, 3.63) is 12.4 Å². The van der Waals surface area contributed by atoms with E-state index in [1.165, 1.54) is 51.4 Å². The van der Waals surface area contributed by atoms with Crippen LogP contribution < -0.4 is 9.64 Å². The molecule has 5 rings (SSSR count). The highest BCUT2D eigenvalue weighted by Gasteiger charge is 2.49. The first-order valence-electron chi connectivity index (χ1n) is 11.6. The van der Waals surface area contributed by atoms with Gasteiger partial charge in [0.1, 0.15) is 12.1 Å². The van der Waals surface area contributed by atoms with E-state index in [1.807, 2.05) is 6.07 Å². The molecule has 4 atom stereocenters. The van der Waals surface area contributed by atoms with Gasteiger partial charge in [0, 0.05) is 37.7 Å². The Bertz CT molecular complexity index is 735. The summed E-state index contributed by atoms with van der Waals surface area (Å²) in [5.74, 6) is 3.93. The Hall–Kier alpha value is -1.85. The Balaban J connectivity index is 1.41. The quantitative estimate of drug-likeness (QED) is 0.775. The van der Waals surface area contributed by atoms with Gasteiger partial charge in [-0.1, -0.05) is 32.1 Å². The van der Waals surface area contributed by atoms with Gasteiger partial charge in [-0.05, 0) is 43.4 Å². The number of carbonyl (C=O) groups is 1. The third-order valence-corrected chi connectivity index (χ3v) is 7.96. The Morgan fingerprint density at radius 3 is 2.72 bits per heavy atom. The summed E-state index contributed by atoms with van der Waals surface area (Å²) in [6.45, 7) is 1.98. The summed E-state index contributed by atoms with van der Waals surface area (Å²) in [4.78, 5) is 26.6. The van der Waals surface area contributed by atoms with Gasteiger partial charge in [0.15, 0.2) is 0 Å². The van der Waals surface area contributed by atoms with Gasteiger partial charge in [-0.2, -0.15) is 0 Å². The maximum absolute atomic E-state index is 13.0. The van der Waals surface area contributed by atoms with Gasteiger partial charge >= 0.3 is 0 Å². The molecule has 1 aromatic heterocycles. The van der Waals surface area contributed by atoms with Crippen LogP contribution in [0.25, 0.3) is 0 Å². The van der Waals surface area contributed by atoms with Gasteiger partial charge in [0.05, 0.1) is 7.11 Å². The minimum absolute atomic E-state index is 0.415. The van der Waals surface area contributed by atoms with E-state index >= 15 is 0 Å². The Labute approximate surface area is 174 Å². The van der Waals surface area contributed by atoms with Gasteiger partial charge in [0.25, 0.3) is 0 Å². The standard InChI is InChI=1S/C23H34N4O2/c1-29-22-12-21(24-15-25-22)26-13-17-11-18(14-26)20(10-16-6-3-2-4-7-16)27-19(17)8-5-9-23(27)28/h12,15-20H,2-11,13-14H2,1H3/t17-,18+,19+,20+/m1/s1. The molecule has 0 spiro atoms. The molecule has 6 nitrogen and oxygen atoms in total. The molecule has 4 heterocycles. The number of ether oxygens (including phenoxy) is 1.